The van der Waals surface area contributed by atoms with Gasteiger partial charge in [0.15, 0.2) is 0 Å². The van der Waals surface area contributed by atoms with Crippen LogP contribution in [0.2, 0.25) is 0 Å². The Labute approximate surface area is 180 Å². The molecule has 0 fully saturated rings. The van der Waals surface area contributed by atoms with Gasteiger partial charge in [-0.05, 0) is 29.3 Å². The first-order valence-electron chi connectivity index (χ1n) is 9.27. The van der Waals surface area contributed by atoms with Crippen LogP contribution in [0.3, 0.4) is 0 Å². The van der Waals surface area contributed by atoms with Crippen LogP contribution in [0.4, 0.5) is 5.69 Å². The van der Waals surface area contributed by atoms with Crippen molar-refractivity contribution in [2.75, 3.05) is 6.26 Å². The number of benzene rings is 3. The van der Waals surface area contributed by atoms with Crippen molar-refractivity contribution in [3.05, 3.63) is 106 Å². The van der Waals surface area contributed by atoms with Crippen LogP contribution >= 0.6 is 0 Å². The Morgan fingerprint density at radius 1 is 0.935 bits per heavy atom. The van der Waals surface area contributed by atoms with Gasteiger partial charge in [-0.3, -0.25) is 14.9 Å². The molecule has 0 saturated heterocycles. The van der Waals surface area contributed by atoms with Gasteiger partial charge in [0.2, 0.25) is 0 Å². The third kappa shape index (κ3) is 6.38. The zero-order valence-corrected chi connectivity index (χ0v) is 17.5. The molecular formula is C22H20N2O6S. The molecule has 31 heavy (non-hydrogen) atoms. The van der Waals surface area contributed by atoms with Crippen molar-refractivity contribution in [1.82, 2.24) is 4.90 Å². The lowest BCUT2D eigenvalue weighted by Gasteiger charge is -2.23. The van der Waals surface area contributed by atoms with Crippen LogP contribution < -0.4 is 4.18 Å². The van der Waals surface area contributed by atoms with E-state index in [0.717, 1.165) is 17.4 Å². The average molecular weight is 440 g/mol. The van der Waals surface area contributed by atoms with Crippen LogP contribution in [0, 0.1) is 10.1 Å². The van der Waals surface area contributed by atoms with Gasteiger partial charge < -0.3 is 9.08 Å². The summed E-state index contributed by atoms with van der Waals surface area (Å²) >= 11 is 0. The molecule has 0 unspecified atom stereocenters. The van der Waals surface area contributed by atoms with E-state index >= 15 is 0 Å². The molecule has 0 spiro atoms. The van der Waals surface area contributed by atoms with E-state index in [2.05, 4.69) is 0 Å². The Balaban J connectivity index is 1.87. The maximum atomic E-state index is 13.2. The normalized spacial score (nSPS) is 11.0. The van der Waals surface area contributed by atoms with E-state index in [1.807, 2.05) is 30.3 Å². The molecule has 0 aromatic heterocycles. The van der Waals surface area contributed by atoms with Crippen LogP contribution in [-0.2, 0) is 23.2 Å². The van der Waals surface area contributed by atoms with Crippen LogP contribution in [0.5, 0.6) is 5.75 Å². The zero-order chi connectivity index (χ0) is 22.4. The van der Waals surface area contributed by atoms with E-state index in [0.29, 0.717) is 6.54 Å². The molecule has 0 saturated carbocycles. The van der Waals surface area contributed by atoms with Gasteiger partial charge in [-0.2, -0.15) is 8.42 Å². The number of amides is 1. The molecule has 0 bridgehead atoms. The SMILES string of the molecule is CS(=O)(=O)Oc1ccc(CN(Cc2ccccc2)C(=O)c2cccc([N+](=O)[O-])c2)cc1. The standard InChI is InChI=1S/C22H20N2O6S/c1-31(28,29)30-21-12-10-18(11-13-21)16-23(15-17-6-3-2-4-7-17)22(25)19-8-5-9-20(14-19)24(26)27/h2-14H,15-16H2,1H3. The molecule has 0 aliphatic carbocycles. The highest BCUT2D eigenvalue weighted by Crippen LogP contribution is 2.20. The maximum absolute atomic E-state index is 13.2. The molecule has 3 aromatic carbocycles. The lowest BCUT2D eigenvalue weighted by molar-refractivity contribution is -0.384. The highest BCUT2D eigenvalue weighted by Gasteiger charge is 2.19. The average Bonchev–Trinajstić information content (AvgIpc) is 2.74. The van der Waals surface area contributed by atoms with E-state index in [4.69, 9.17) is 4.18 Å². The Morgan fingerprint density at radius 2 is 1.55 bits per heavy atom. The van der Waals surface area contributed by atoms with Crippen molar-refractivity contribution < 1.29 is 22.3 Å². The Kier molecular flexibility index (Phi) is 6.66. The summed E-state index contributed by atoms with van der Waals surface area (Å²) in [5.41, 5.74) is 1.70. The largest absolute Gasteiger partial charge is 0.383 e. The zero-order valence-electron chi connectivity index (χ0n) is 16.7. The lowest BCUT2D eigenvalue weighted by Crippen LogP contribution is -2.30. The molecule has 3 aromatic rings. The van der Waals surface area contributed by atoms with Crippen molar-refractivity contribution in [3.8, 4) is 5.75 Å². The van der Waals surface area contributed by atoms with Crippen LogP contribution in [0.1, 0.15) is 21.5 Å². The third-order valence-electron chi connectivity index (χ3n) is 4.35. The van der Waals surface area contributed by atoms with E-state index < -0.39 is 15.0 Å². The minimum Gasteiger partial charge on any atom is -0.383 e. The van der Waals surface area contributed by atoms with E-state index in [1.165, 1.54) is 36.4 Å². The second kappa shape index (κ2) is 9.40. The van der Waals surface area contributed by atoms with Gasteiger partial charge in [0.05, 0.1) is 11.2 Å². The summed E-state index contributed by atoms with van der Waals surface area (Å²) in [4.78, 5) is 25.3. The second-order valence-electron chi connectivity index (χ2n) is 6.89. The van der Waals surface area contributed by atoms with Crippen molar-refractivity contribution in [2.45, 2.75) is 13.1 Å². The van der Waals surface area contributed by atoms with Gasteiger partial charge in [-0.15, -0.1) is 0 Å². The first-order chi connectivity index (χ1) is 14.7. The van der Waals surface area contributed by atoms with E-state index in [-0.39, 0.29) is 29.5 Å². The molecule has 3 rings (SSSR count). The maximum Gasteiger partial charge on any atom is 0.306 e. The number of hydrogen-bond acceptors (Lipinski definition) is 6. The summed E-state index contributed by atoms with van der Waals surface area (Å²) in [6.45, 7) is 0.513. The summed E-state index contributed by atoms with van der Waals surface area (Å²) in [6.07, 6.45) is 0.959. The molecule has 160 valence electrons. The molecule has 0 aliphatic rings. The Hall–Kier alpha value is -3.72. The quantitative estimate of drug-likeness (QED) is 0.300. The molecule has 8 nitrogen and oxygen atoms in total. The Morgan fingerprint density at radius 3 is 2.13 bits per heavy atom. The summed E-state index contributed by atoms with van der Waals surface area (Å²) in [5, 5.41) is 11.1. The molecule has 0 radical (unpaired) electrons. The number of carbonyl (C=O) groups is 1. The number of carbonyl (C=O) groups excluding carboxylic acids is 1. The third-order valence-corrected chi connectivity index (χ3v) is 4.85. The number of nitro groups is 1. The summed E-state index contributed by atoms with van der Waals surface area (Å²) in [6, 6.07) is 21.3. The fourth-order valence-corrected chi connectivity index (χ4v) is 3.44. The van der Waals surface area contributed by atoms with Crippen LogP contribution in [-0.4, -0.2) is 30.4 Å². The molecule has 0 atom stereocenters. The van der Waals surface area contributed by atoms with Crippen molar-refractivity contribution in [3.63, 3.8) is 0 Å². The smallest absolute Gasteiger partial charge is 0.306 e. The van der Waals surface area contributed by atoms with Crippen molar-refractivity contribution in [2.24, 2.45) is 0 Å². The molecule has 0 aliphatic heterocycles. The minimum atomic E-state index is -3.63. The highest BCUT2D eigenvalue weighted by atomic mass is 32.2. The van der Waals surface area contributed by atoms with Gasteiger partial charge in [-0.1, -0.05) is 48.5 Å². The van der Waals surface area contributed by atoms with Gasteiger partial charge in [-0.25, -0.2) is 0 Å². The summed E-state index contributed by atoms with van der Waals surface area (Å²) < 4.78 is 27.4. The van der Waals surface area contributed by atoms with Gasteiger partial charge in [0.1, 0.15) is 5.75 Å². The number of nitrogens with zero attached hydrogens (tertiary/aromatic N) is 2. The fraction of sp³-hybridized carbons (Fsp3) is 0.136. The molecule has 0 heterocycles. The lowest BCUT2D eigenvalue weighted by atomic mass is 10.1. The first-order valence-corrected chi connectivity index (χ1v) is 11.1. The number of nitro benzene ring substituents is 1. The molecule has 1 amide bonds. The van der Waals surface area contributed by atoms with Gasteiger partial charge >= 0.3 is 10.1 Å². The summed E-state index contributed by atoms with van der Waals surface area (Å²) in [7, 11) is -3.63. The topological polar surface area (TPSA) is 107 Å². The number of hydrogen-bond donors (Lipinski definition) is 0. The molecule has 9 heteroatoms. The van der Waals surface area contributed by atoms with Crippen molar-refractivity contribution >= 4 is 21.7 Å². The van der Waals surface area contributed by atoms with Gasteiger partial charge in [0.25, 0.3) is 11.6 Å². The monoisotopic (exact) mass is 440 g/mol. The van der Waals surface area contributed by atoms with E-state index in [1.54, 1.807) is 17.0 Å². The highest BCUT2D eigenvalue weighted by molar-refractivity contribution is 7.86. The van der Waals surface area contributed by atoms with Crippen molar-refractivity contribution in [1.29, 1.82) is 0 Å². The van der Waals surface area contributed by atoms with Crippen LogP contribution in [0.25, 0.3) is 0 Å². The van der Waals surface area contributed by atoms with E-state index in [9.17, 15) is 23.3 Å². The second-order valence-corrected chi connectivity index (χ2v) is 8.46. The predicted molar refractivity (Wildman–Crippen MR) is 115 cm³/mol. The predicted octanol–water partition coefficient (Wildman–Crippen LogP) is 3.78. The summed E-state index contributed by atoms with van der Waals surface area (Å²) in [5.74, 6) is -0.185. The molecular weight excluding hydrogens is 420 g/mol. The Bertz CT molecular complexity index is 1180. The number of rotatable bonds is 8. The minimum absolute atomic E-state index is 0.159. The first kappa shape index (κ1) is 22.0. The number of non-ortho nitro benzene ring substituents is 1. The van der Waals surface area contributed by atoms with Gasteiger partial charge in [0, 0.05) is 30.8 Å². The fourth-order valence-electron chi connectivity index (χ4n) is 2.98. The molecule has 0 N–H and O–H groups in total. The van der Waals surface area contributed by atoms with Crippen LogP contribution in [0.15, 0.2) is 78.9 Å².